The number of amides is 1. The van der Waals surface area contributed by atoms with E-state index in [0.717, 1.165) is 40.4 Å². The summed E-state index contributed by atoms with van der Waals surface area (Å²) in [5.74, 6) is -0.0169. The quantitative estimate of drug-likeness (QED) is 0.908. The van der Waals surface area contributed by atoms with E-state index >= 15 is 0 Å². The lowest BCUT2D eigenvalue weighted by Crippen LogP contribution is -2.25. The van der Waals surface area contributed by atoms with Gasteiger partial charge in [0.05, 0.1) is 12.1 Å². The van der Waals surface area contributed by atoms with Gasteiger partial charge in [0.1, 0.15) is 0 Å². The highest BCUT2D eigenvalue weighted by molar-refractivity contribution is 9.10. The molecule has 1 N–H and O–H groups in total. The molecule has 2 aromatic rings. The van der Waals surface area contributed by atoms with Crippen molar-refractivity contribution in [2.24, 2.45) is 0 Å². The fourth-order valence-corrected chi connectivity index (χ4v) is 3.70. The number of hydrogen-bond donors (Lipinski definition) is 1. The lowest BCUT2D eigenvalue weighted by Gasteiger charge is -2.20. The van der Waals surface area contributed by atoms with Crippen LogP contribution in [0, 0.1) is 0 Å². The van der Waals surface area contributed by atoms with Gasteiger partial charge in [0.25, 0.3) is 0 Å². The number of hydrogen-bond acceptors (Lipinski definition) is 4. The minimum atomic E-state index is -0.0169. The summed E-state index contributed by atoms with van der Waals surface area (Å²) in [4.78, 5) is 20.1. The third-order valence-electron chi connectivity index (χ3n) is 3.45. The maximum absolute atomic E-state index is 12.1. The molecule has 3 rings (SSSR count). The smallest absolute Gasteiger partial charge is 0.230 e. The second kappa shape index (κ2) is 6.25. The molecule has 0 unspecified atom stereocenters. The van der Waals surface area contributed by atoms with E-state index in [1.807, 2.05) is 24.3 Å². The van der Waals surface area contributed by atoms with Gasteiger partial charge in [0, 0.05) is 28.9 Å². The van der Waals surface area contributed by atoms with E-state index in [1.54, 1.807) is 11.3 Å². The maximum atomic E-state index is 12.1. The zero-order valence-electron chi connectivity index (χ0n) is 11.7. The first-order valence-electron chi connectivity index (χ1n) is 6.81. The summed E-state index contributed by atoms with van der Waals surface area (Å²) in [7, 11) is 2.11. The van der Waals surface area contributed by atoms with Crippen LogP contribution in [0.2, 0.25) is 0 Å². The predicted molar refractivity (Wildman–Crippen MR) is 88.6 cm³/mol. The Hall–Kier alpha value is -1.24. The Balaban J connectivity index is 1.64. The molecule has 0 spiro atoms. The summed E-state index contributed by atoms with van der Waals surface area (Å²) in [5.41, 5.74) is 2.13. The molecule has 4 nitrogen and oxygen atoms in total. The first-order chi connectivity index (χ1) is 10.1. The Labute approximate surface area is 136 Å². The highest BCUT2D eigenvalue weighted by atomic mass is 79.9. The van der Waals surface area contributed by atoms with Crippen molar-refractivity contribution in [1.29, 1.82) is 0 Å². The van der Waals surface area contributed by atoms with Crippen molar-refractivity contribution in [3.8, 4) is 0 Å². The van der Waals surface area contributed by atoms with E-state index in [2.05, 4.69) is 38.2 Å². The first kappa shape index (κ1) is 14.7. The molecule has 1 aliphatic heterocycles. The Morgan fingerprint density at radius 1 is 1.43 bits per heavy atom. The van der Waals surface area contributed by atoms with Gasteiger partial charge in [-0.05, 0) is 24.7 Å². The Morgan fingerprint density at radius 3 is 2.95 bits per heavy atom. The molecule has 1 aromatic heterocycles. The van der Waals surface area contributed by atoms with Crippen molar-refractivity contribution in [2.45, 2.75) is 19.4 Å². The van der Waals surface area contributed by atoms with Crippen molar-refractivity contribution in [2.75, 3.05) is 18.9 Å². The predicted octanol–water partition coefficient (Wildman–Crippen LogP) is 3.07. The van der Waals surface area contributed by atoms with Crippen LogP contribution in [0.4, 0.5) is 5.13 Å². The van der Waals surface area contributed by atoms with Crippen molar-refractivity contribution < 1.29 is 4.79 Å². The largest absolute Gasteiger partial charge is 0.302 e. The molecule has 1 amide bonds. The number of likely N-dealkylation sites (N-methyl/N-ethyl adjacent to an activating group) is 1. The fourth-order valence-electron chi connectivity index (χ4n) is 2.33. The summed E-state index contributed by atoms with van der Waals surface area (Å²) in [6.07, 6.45) is 1.34. The summed E-state index contributed by atoms with van der Waals surface area (Å²) in [6, 6.07) is 7.79. The molecule has 0 radical (unpaired) electrons. The SMILES string of the molecule is CN1CCc2nc(NC(=O)Cc3ccc(Br)cc3)sc2C1. The van der Waals surface area contributed by atoms with E-state index in [9.17, 15) is 4.79 Å². The molecule has 0 saturated heterocycles. The van der Waals surface area contributed by atoms with E-state index in [1.165, 1.54) is 4.88 Å². The molecule has 110 valence electrons. The number of fused-ring (bicyclic) bond motifs is 1. The summed E-state index contributed by atoms with van der Waals surface area (Å²) in [5, 5.41) is 3.64. The summed E-state index contributed by atoms with van der Waals surface area (Å²) < 4.78 is 1.02. The molecule has 0 aliphatic carbocycles. The van der Waals surface area contributed by atoms with E-state index in [0.29, 0.717) is 6.42 Å². The second-order valence-electron chi connectivity index (χ2n) is 5.23. The third-order valence-corrected chi connectivity index (χ3v) is 4.97. The van der Waals surface area contributed by atoms with Gasteiger partial charge >= 0.3 is 0 Å². The number of carbonyl (C=O) groups excluding carboxylic acids is 1. The van der Waals surface area contributed by atoms with Gasteiger partial charge in [-0.3, -0.25) is 4.79 Å². The van der Waals surface area contributed by atoms with Crippen LogP contribution in [-0.2, 0) is 24.2 Å². The number of carbonyl (C=O) groups is 1. The van der Waals surface area contributed by atoms with Gasteiger partial charge in [-0.15, -0.1) is 11.3 Å². The van der Waals surface area contributed by atoms with Crippen LogP contribution < -0.4 is 5.32 Å². The minimum Gasteiger partial charge on any atom is -0.302 e. The molecule has 1 aliphatic rings. The van der Waals surface area contributed by atoms with Crippen LogP contribution in [0.15, 0.2) is 28.7 Å². The van der Waals surface area contributed by atoms with Crippen molar-refractivity contribution >= 4 is 38.3 Å². The molecule has 0 saturated carbocycles. The van der Waals surface area contributed by atoms with Gasteiger partial charge in [0.2, 0.25) is 5.91 Å². The molecular formula is C15H16BrN3OS. The number of rotatable bonds is 3. The molecule has 2 heterocycles. The van der Waals surface area contributed by atoms with Crippen molar-refractivity contribution in [3.05, 3.63) is 44.9 Å². The number of nitrogens with zero attached hydrogens (tertiary/aromatic N) is 2. The molecule has 0 atom stereocenters. The highest BCUT2D eigenvalue weighted by Crippen LogP contribution is 2.27. The monoisotopic (exact) mass is 365 g/mol. The number of aromatic nitrogens is 1. The Bertz CT molecular complexity index is 653. The normalized spacial score (nSPS) is 14.8. The minimum absolute atomic E-state index is 0.0169. The average Bonchev–Trinajstić information content (AvgIpc) is 2.82. The molecule has 0 bridgehead atoms. The molecular weight excluding hydrogens is 350 g/mol. The van der Waals surface area contributed by atoms with E-state index < -0.39 is 0 Å². The van der Waals surface area contributed by atoms with Crippen molar-refractivity contribution in [3.63, 3.8) is 0 Å². The molecule has 21 heavy (non-hydrogen) atoms. The topological polar surface area (TPSA) is 45.2 Å². The van der Waals surface area contributed by atoms with Gasteiger partial charge in [-0.25, -0.2) is 4.98 Å². The molecule has 0 fully saturated rings. The molecule has 1 aromatic carbocycles. The van der Waals surface area contributed by atoms with Crippen molar-refractivity contribution in [1.82, 2.24) is 9.88 Å². The zero-order chi connectivity index (χ0) is 14.8. The lowest BCUT2D eigenvalue weighted by molar-refractivity contribution is -0.115. The van der Waals surface area contributed by atoms with E-state index in [4.69, 9.17) is 0 Å². The zero-order valence-corrected chi connectivity index (χ0v) is 14.1. The summed E-state index contributed by atoms with van der Waals surface area (Å²) in [6.45, 7) is 1.96. The van der Waals surface area contributed by atoms with Crippen LogP contribution in [0.25, 0.3) is 0 Å². The second-order valence-corrected chi connectivity index (χ2v) is 7.23. The van der Waals surface area contributed by atoms with Crippen LogP contribution >= 0.6 is 27.3 Å². The maximum Gasteiger partial charge on any atom is 0.230 e. The first-order valence-corrected chi connectivity index (χ1v) is 8.42. The highest BCUT2D eigenvalue weighted by Gasteiger charge is 2.19. The van der Waals surface area contributed by atoms with Crippen LogP contribution in [0.1, 0.15) is 16.1 Å². The van der Waals surface area contributed by atoms with Crippen LogP contribution in [-0.4, -0.2) is 29.4 Å². The van der Waals surface area contributed by atoms with Gasteiger partial charge in [0.15, 0.2) is 5.13 Å². The standard InChI is InChI=1S/C15H16BrN3OS/c1-19-7-6-12-13(9-19)21-15(17-12)18-14(20)8-10-2-4-11(16)5-3-10/h2-5H,6-9H2,1H3,(H,17,18,20). The Kier molecular flexibility index (Phi) is 4.37. The number of benzene rings is 1. The number of anilines is 1. The molecule has 6 heteroatoms. The number of nitrogens with one attached hydrogen (secondary N) is 1. The van der Waals surface area contributed by atoms with Gasteiger partial charge < -0.3 is 10.2 Å². The van der Waals surface area contributed by atoms with Crippen LogP contribution in [0.5, 0.6) is 0 Å². The number of thiazole rings is 1. The average molecular weight is 366 g/mol. The number of halogens is 1. The third kappa shape index (κ3) is 3.70. The Morgan fingerprint density at radius 2 is 2.19 bits per heavy atom. The lowest BCUT2D eigenvalue weighted by atomic mass is 10.1. The van der Waals surface area contributed by atoms with Gasteiger partial charge in [-0.2, -0.15) is 0 Å². The fraction of sp³-hybridized carbons (Fsp3) is 0.333. The summed E-state index contributed by atoms with van der Waals surface area (Å²) >= 11 is 4.98. The van der Waals surface area contributed by atoms with Crippen LogP contribution in [0.3, 0.4) is 0 Å². The van der Waals surface area contributed by atoms with E-state index in [-0.39, 0.29) is 5.91 Å². The van der Waals surface area contributed by atoms with Gasteiger partial charge in [-0.1, -0.05) is 28.1 Å².